The number of amides is 1. The summed E-state index contributed by atoms with van der Waals surface area (Å²) in [4.78, 5) is 34.6. The molecule has 150 valence electrons. The van der Waals surface area contributed by atoms with Crippen molar-refractivity contribution in [3.8, 4) is 11.5 Å². The first kappa shape index (κ1) is 19.0. The van der Waals surface area contributed by atoms with Crippen molar-refractivity contribution in [1.82, 2.24) is 14.9 Å². The van der Waals surface area contributed by atoms with Crippen LogP contribution in [0.4, 0.5) is 0 Å². The number of aromatic nitrogens is 2. The molecule has 0 saturated heterocycles. The largest absolute Gasteiger partial charge is 0.454 e. The number of nitrogens with zero attached hydrogens (tertiary/aromatic N) is 2. The summed E-state index contributed by atoms with van der Waals surface area (Å²) in [6, 6.07) is 12.8. The minimum absolute atomic E-state index is 0.0361. The Morgan fingerprint density at radius 1 is 1.10 bits per heavy atom. The first-order valence-corrected chi connectivity index (χ1v) is 9.47. The highest BCUT2D eigenvalue weighted by atomic mass is 16.7. The Kier molecular flexibility index (Phi) is 4.74. The SMILES string of the molecule is CC(C)(C)C(=O)N(Cc1ccc2c(c1)OCO2)Cc1nc2ccccc2c(=O)[nH]1. The van der Waals surface area contributed by atoms with E-state index in [1.54, 1.807) is 23.1 Å². The van der Waals surface area contributed by atoms with E-state index < -0.39 is 5.41 Å². The minimum atomic E-state index is -0.576. The summed E-state index contributed by atoms with van der Waals surface area (Å²) in [6.45, 7) is 6.38. The van der Waals surface area contributed by atoms with Gasteiger partial charge >= 0.3 is 0 Å². The second-order valence-electron chi connectivity index (χ2n) is 8.13. The number of benzene rings is 2. The van der Waals surface area contributed by atoms with Crippen molar-refractivity contribution in [2.24, 2.45) is 5.41 Å². The number of rotatable bonds is 4. The predicted molar refractivity (Wildman–Crippen MR) is 109 cm³/mol. The maximum atomic E-state index is 13.1. The highest BCUT2D eigenvalue weighted by Crippen LogP contribution is 2.33. The van der Waals surface area contributed by atoms with E-state index in [-0.39, 0.29) is 24.8 Å². The van der Waals surface area contributed by atoms with Gasteiger partial charge in [-0.3, -0.25) is 9.59 Å². The summed E-state index contributed by atoms with van der Waals surface area (Å²) in [5, 5.41) is 0.528. The normalized spacial score (nSPS) is 12.9. The van der Waals surface area contributed by atoms with Crippen LogP contribution in [0, 0.1) is 5.41 Å². The van der Waals surface area contributed by atoms with Gasteiger partial charge in [-0.2, -0.15) is 0 Å². The number of fused-ring (bicyclic) bond motifs is 2. The molecule has 7 nitrogen and oxygen atoms in total. The average molecular weight is 393 g/mol. The van der Waals surface area contributed by atoms with Gasteiger partial charge in [-0.1, -0.05) is 39.0 Å². The molecule has 2 heterocycles. The maximum absolute atomic E-state index is 13.1. The minimum Gasteiger partial charge on any atom is -0.454 e. The summed E-state index contributed by atoms with van der Waals surface area (Å²) in [5.74, 6) is 1.78. The molecule has 1 amide bonds. The Labute approximate surface area is 168 Å². The number of H-pyrrole nitrogens is 1. The van der Waals surface area contributed by atoms with E-state index in [4.69, 9.17) is 9.47 Å². The van der Waals surface area contributed by atoms with Crippen molar-refractivity contribution in [3.05, 3.63) is 64.2 Å². The van der Waals surface area contributed by atoms with Gasteiger partial charge in [0, 0.05) is 12.0 Å². The Hall–Kier alpha value is -3.35. The van der Waals surface area contributed by atoms with Crippen LogP contribution in [0.5, 0.6) is 11.5 Å². The molecule has 1 aliphatic rings. The number of ether oxygens (including phenoxy) is 2. The number of hydrogen-bond donors (Lipinski definition) is 1. The Morgan fingerprint density at radius 2 is 1.86 bits per heavy atom. The Bertz CT molecular complexity index is 1130. The number of nitrogens with one attached hydrogen (secondary N) is 1. The summed E-state index contributed by atoms with van der Waals surface area (Å²) in [6.07, 6.45) is 0. The molecule has 0 spiro atoms. The van der Waals surface area contributed by atoms with Gasteiger partial charge in [0.25, 0.3) is 5.56 Å². The van der Waals surface area contributed by atoms with Crippen LogP contribution >= 0.6 is 0 Å². The number of aromatic amines is 1. The number of hydrogen-bond acceptors (Lipinski definition) is 5. The third kappa shape index (κ3) is 3.94. The van der Waals surface area contributed by atoms with Gasteiger partial charge in [-0.05, 0) is 29.8 Å². The fourth-order valence-corrected chi connectivity index (χ4v) is 3.32. The molecule has 0 saturated carbocycles. The lowest BCUT2D eigenvalue weighted by Gasteiger charge is -2.29. The molecule has 0 aliphatic carbocycles. The van der Waals surface area contributed by atoms with E-state index in [9.17, 15) is 9.59 Å². The molecule has 0 atom stereocenters. The van der Waals surface area contributed by atoms with Crippen molar-refractivity contribution in [3.63, 3.8) is 0 Å². The van der Waals surface area contributed by atoms with Gasteiger partial charge in [0.2, 0.25) is 12.7 Å². The molecular weight excluding hydrogens is 370 g/mol. The third-order valence-electron chi connectivity index (χ3n) is 4.74. The summed E-state index contributed by atoms with van der Waals surface area (Å²) >= 11 is 0. The highest BCUT2D eigenvalue weighted by molar-refractivity contribution is 5.81. The van der Waals surface area contributed by atoms with Crippen molar-refractivity contribution >= 4 is 16.8 Å². The molecule has 2 aromatic carbocycles. The van der Waals surface area contributed by atoms with Crippen LogP contribution in [0.15, 0.2) is 47.3 Å². The average Bonchev–Trinajstić information content (AvgIpc) is 3.14. The highest BCUT2D eigenvalue weighted by Gasteiger charge is 2.28. The van der Waals surface area contributed by atoms with Gasteiger partial charge in [0.1, 0.15) is 5.82 Å². The molecule has 4 rings (SSSR count). The van der Waals surface area contributed by atoms with Crippen LogP contribution in [-0.4, -0.2) is 27.6 Å². The van der Waals surface area contributed by atoms with Crippen LogP contribution in [-0.2, 0) is 17.9 Å². The maximum Gasteiger partial charge on any atom is 0.258 e. The quantitative estimate of drug-likeness (QED) is 0.736. The molecular formula is C22H23N3O4. The number of para-hydroxylation sites is 1. The van der Waals surface area contributed by atoms with Crippen molar-refractivity contribution in [1.29, 1.82) is 0 Å². The second kappa shape index (κ2) is 7.24. The van der Waals surface area contributed by atoms with Crippen molar-refractivity contribution < 1.29 is 14.3 Å². The van der Waals surface area contributed by atoms with Crippen LogP contribution in [0.1, 0.15) is 32.2 Å². The lowest BCUT2D eigenvalue weighted by molar-refractivity contribution is -0.140. The summed E-state index contributed by atoms with van der Waals surface area (Å²) < 4.78 is 10.8. The molecule has 1 aromatic heterocycles. The van der Waals surface area contributed by atoms with Crippen LogP contribution < -0.4 is 15.0 Å². The smallest absolute Gasteiger partial charge is 0.258 e. The second-order valence-corrected chi connectivity index (χ2v) is 8.13. The molecule has 3 aromatic rings. The first-order valence-electron chi connectivity index (χ1n) is 9.47. The zero-order valence-corrected chi connectivity index (χ0v) is 16.7. The molecule has 0 unspecified atom stereocenters. The molecule has 0 fully saturated rings. The van der Waals surface area contributed by atoms with Gasteiger partial charge < -0.3 is 19.4 Å². The lowest BCUT2D eigenvalue weighted by atomic mass is 9.94. The first-order chi connectivity index (χ1) is 13.8. The number of carbonyl (C=O) groups is 1. The molecule has 7 heteroatoms. The monoisotopic (exact) mass is 393 g/mol. The third-order valence-corrected chi connectivity index (χ3v) is 4.74. The van der Waals surface area contributed by atoms with Gasteiger partial charge in [-0.25, -0.2) is 4.98 Å². The zero-order chi connectivity index (χ0) is 20.6. The van der Waals surface area contributed by atoms with E-state index in [0.29, 0.717) is 34.8 Å². The van der Waals surface area contributed by atoms with Crippen LogP contribution in [0.2, 0.25) is 0 Å². The van der Waals surface area contributed by atoms with E-state index in [1.165, 1.54) is 0 Å². The topological polar surface area (TPSA) is 84.5 Å². The molecule has 29 heavy (non-hydrogen) atoms. The van der Waals surface area contributed by atoms with Gasteiger partial charge in [0.15, 0.2) is 11.5 Å². The lowest BCUT2D eigenvalue weighted by Crippen LogP contribution is -2.39. The Morgan fingerprint density at radius 3 is 2.66 bits per heavy atom. The van der Waals surface area contributed by atoms with E-state index in [1.807, 2.05) is 45.0 Å². The van der Waals surface area contributed by atoms with Crippen molar-refractivity contribution in [2.45, 2.75) is 33.9 Å². The molecule has 1 aliphatic heterocycles. The van der Waals surface area contributed by atoms with Gasteiger partial charge in [0.05, 0.1) is 17.4 Å². The van der Waals surface area contributed by atoms with Gasteiger partial charge in [-0.15, -0.1) is 0 Å². The van der Waals surface area contributed by atoms with Crippen LogP contribution in [0.25, 0.3) is 10.9 Å². The van der Waals surface area contributed by atoms with E-state index in [2.05, 4.69) is 9.97 Å². The van der Waals surface area contributed by atoms with Crippen LogP contribution in [0.3, 0.4) is 0 Å². The fraction of sp³-hybridized carbons (Fsp3) is 0.318. The molecule has 0 bridgehead atoms. The number of carbonyl (C=O) groups excluding carboxylic acids is 1. The van der Waals surface area contributed by atoms with E-state index in [0.717, 1.165) is 5.56 Å². The fourth-order valence-electron chi connectivity index (χ4n) is 3.32. The van der Waals surface area contributed by atoms with E-state index >= 15 is 0 Å². The predicted octanol–water partition coefficient (Wildman–Crippen LogP) is 3.23. The zero-order valence-electron chi connectivity index (χ0n) is 16.7. The summed E-state index contributed by atoms with van der Waals surface area (Å²) in [5.41, 5.74) is 0.734. The summed E-state index contributed by atoms with van der Waals surface area (Å²) in [7, 11) is 0. The molecule has 1 N–H and O–H groups in total. The molecule has 0 radical (unpaired) electrons. The standard InChI is InChI=1S/C22H23N3O4/c1-22(2,3)21(27)25(11-14-8-9-17-18(10-14)29-13-28-17)12-19-23-16-7-5-4-6-15(16)20(26)24-19/h4-10H,11-13H2,1-3H3,(H,23,24,26). The van der Waals surface area contributed by atoms with Crippen molar-refractivity contribution in [2.75, 3.05) is 6.79 Å². The Balaban J connectivity index is 1.66.